The Bertz CT molecular complexity index is 906. The van der Waals surface area contributed by atoms with Crippen LogP contribution in [0.3, 0.4) is 0 Å². The van der Waals surface area contributed by atoms with Crippen LogP contribution in [-0.2, 0) is 25.6 Å². The third kappa shape index (κ3) is 3.74. The van der Waals surface area contributed by atoms with Gasteiger partial charge in [-0.25, -0.2) is 4.79 Å². The molecule has 0 radical (unpaired) electrons. The summed E-state index contributed by atoms with van der Waals surface area (Å²) in [6.07, 6.45) is -0.547. The van der Waals surface area contributed by atoms with E-state index in [1.54, 1.807) is 0 Å². The second-order valence-electron chi connectivity index (χ2n) is 7.15. The molecule has 2 aromatic rings. The van der Waals surface area contributed by atoms with Crippen LogP contribution in [0.1, 0.15) is 25.6 Å². The fourth-order valence-electron chi connectivity index (χ4n) is 3.51. The van der Waals surface area contributed by atoms with E-state index in [0.29, 0.717) is 13.2 Å². The van der Waals surface area contributed by atoms with E-state index >= 15 is 0 Å². The zero-order valence-electron chi connectivity index (χ0n) is 15.2. The van der Waals surface area contributed by atoms with Crippen molar-refractivity contribution >= 4 is 0 Å². The van der Waals surface area contributed by atoms with Crippen LogP contribution in [0.4, 0.5) is 0 Å². The first-order valence-corrected chi connectivity index (χ1v) is 8.87. The van der Waals surface area contributed by atoms with Gasteiger partial charge in [-0.1, -0.05) is 30.3 Å². The molecule has 1 aromatic heterocycles. The summed E-state index contributed by atoms with van der Waals surface area (Å²) in [7, 11) is 0. The Kier molecular flexibility index (Phi) is 4.73. The quantitative estimate of drug-likeness (QED) is 0.845. The van der Waals surface area contributed by atoms with Crippen molar-refractivity contribution in [2.24, 2.45) is 0 Å². The normalized spacial score (nSPS) is 29.0. The molecular formula is C19H22N2O6. The zero-order chi connectivity index (χ0) is 19.0. The van der Waals surface area contributed by atoms with Crippen LogP contribution >= 0.6 is 0 Å². The molecule has 2 aliphatic heterocycles. The number of benzene rings is 1. The molecule has 0 bridgehead atoms. The van der Waals surface area contributed by atoms with E-state index < -0.39 is 35.5 Å². The summed E-state index contributed by atoms with van der Waals surface area (Å²) in [5.74, 6) is -0.791. The summed E-state index contributed by atoms with van der Waals surface area (Å²) in [5.41, 5.74) is 0.0484. The maximum Gasteiger partial charge on any atom is 0.330 e. The molecule has 0 amide bonds. The van der Waals surface area contributed by atoms with E-state index in [-0.39, 0.29) is 6.10 Å². The maximum atomic E-state index is 12.2. The molecule has 2 fully saturated rings. The summed E-state index contributed by atoms with van der Waals surface area (Å²) >= 11 is 0. The lowest BCUT2D eigenvalue weighted by Crippen LogP contribution is -2.37. The van der Waals surface area contributed by atoms with Crippen molar-refractivity contribution in [3.63, 3.8) is 0 Å². The van der Waals surface area contributed by atoms with Crippen LogP contribution in [0.15, 0.2) is 52.2 Å². The predicted octanol–water partition coefficient (Wildman–Crippen LogP) is 1.17. The van der Waals surface area contributed by atoms with Crippen LogP contribution in [0.5, 0.6) is 0 Å². The topological polar surface area (TPSA) is 91.8 Å². The van der Waals surface area contributed by atoms with Gasteiger partial charge in [0.1, 0.15) is 18.3 Å². The number of rotatable bonds is 5. The lowest BCUT2D eigenvalue weighted by Gasteiger charge is -2.24. The van der Waals surface area contributed by atoms with Crippen molar-refractivity contribution in [3.8, 4) is 0 Å². The maximum absolute atomic E-state index is 12.2. The molecule has 144 valence electrons. The third-order valence-electron chi connectivity index (χ3n) is 4.64. The van der Waals surface area contributed by atoms with Crippen LogP contribution in [0.25, 0.3) is 0 Å². The van der Waals surface area contributed by atoms with Crippen molar-refractivity contribution in [1.82, 2.24) is 9.55 Å². The van der Waals surface area contributed by atoms with Crippen LogP contribution in [-0.4, -0.2) is 40.3 Å². The van der Waals surface area contributed by atoms with E-state index in [1.807, 2.05) is 44.2 Å². The molecule has 4 atom stereocenters. The van der Waals surface area contributed by atoms with Gasteiger partial charge < -0.3 is 18.9 Å². The standard InChI is InChI=1S/C19H22N2O6/c1-19(2)26-15-13(11-24-10-12-6-4-3-5-7-12)25-17(16(15)27-19)21-9-8-14(22)20-18(21)23/h3-9,13,15-17H,10-11H2,1-2H3,(H,20,22,23)/t13-,15?,16?,17-/m1/s1. The van der Waals surface area contributed by atoms with Gasteiger partial charge >= 0.3 is 5.69 Å². The van der Waals surface area contributed by atoms with Crippen LogP contribution < -0.4 is 11.2 Å². The number of nitrogens with zero attached hydrogens (tertiary/aromatic N) is 1. The van der Waals surface area contributed by atoms with Gasteiger partial charge in [0.2, 0.25) is 0 Å². The number of nitrogens with one attached hydrogen (secondary N) is 1. The lowest BCUT2D eigenvalue weighted by atomic mass is 10.1. The summed E-state index contributed by atoms with van der Waals surface area (Å²) < 4.78 is 25.1. The molecule has 4 rings (SSSR count). The van der Waals surface area contributed by atoms with Crippen molar-refractivity contribution in [3.05, 3.63) is 69.0 Å². The average Bonchev–Trinajstić information content (AvgIpc) is 3.10. The van der Waals surface area contributed by atoms with Crippen molar-refractivity contribution in [1.29, 1.82) is 0 Å². The highest BCUT2D eigenvalue weighted by Crippen LogP contribution is 2.42. The first kappa shape index (κ1) is 18.1. The minimum absolute atomic E-state index is 0.296. The Morgan fingerprint density at radius 3 is 2.59 bits per heavy atom. The SMILES string of the molecule is CC1(C)OC2C(O1)[C@@H](COCc1ccccc1)O[C@H]2n1ccc(=O)[nH]c1=O. The van der Waals surface area contributed by atoms with Gasteiger partial charge in [-0.2, -0.15) is 0 Å². The molecule has 0 aliphatic carbocycles. The number of hydrogen-bond donors (Lipinski definition) is 1. The molecule has 8 heteroatoms. The predicted molar refractivity (Wildman–Crippen MR) is 95.2 cm³/mol. The lowest BCUT2D eigenvalue weighted by molar-refractivity contribution is -0.203. The number of aromatic amines is 1. The number of H-pyrrole nitrogens is 1. The highest BCUT2D eigenvalue weighted by molar-refractivity contribution is 5.13. The summed E-state index contributed by atoms with van der Waals surface area (Å²) in [6.45, 7) is 4.38. The van der Waals surface area contributed by atoms with Crippen molar-refractivity contribution in [2.45, 2.75) is 50.8 Å². The fraction of sp³-hybridized carbons (Fsp3) is 0.474. The Balaban J connectivity index is 1.51. The number of ether oxygens (including phenoxy) is 4. The molecule has 0 spiro atoms. The monoisotopic (exact) mass is 374 g/mol. The summed E-state index contributed by atoms with van der Waals surface area (Å²) in [4.78, 5) is 25.8. The molecule has 8 nitrogen and oxygen atoms in total. The van der Waals surface area contributed by atoms with E-state index in [1.165, 1.54) is 16.8 Å². The highest BCUT2D eigenvalue weighted by Gasteiger charge is 2.56. The van der Waals surface area contributed by atoms with Crippen LogP contribution in [0.2, 0.25) is 0 Å². The van der Waals surface area contributed by atoms with Crippen LogP contribution in [0, 0.1) is 0 Å². The largest absolute Gasteiger partial charge is 0.374 e. The first-order chi connectivity index (χ1) is 12.9. The van der Waals surface area contributed by atoms with Gasteiger partial charge in [-0.05, 0) is 19.4 Å². The molecule has 2 saturated heterocycles. The second-order valence-corrected chi connectivity index (χ2v) is 7.15. The number of fused-ring (bicyclic) bond motifs is 1. The Hall–Kier alpha value is -2.26. The van der Waals surface area contributed by atoms with E-state index in [4.69, 9.17) is 18.9 Å². The molecule has 27 heavy (non-hydrogen) atoms. The molecule has 0 saturated carbocycles. The minimum atomic E-state index is -0.791. The molecule has 1 N–H and O–H groups in total. The first-order valence-electron chi connectivity index (χ1n) is 8.87. The minimum Gasteiger partial charge on any atom is -0.374 e. The highest BCUT2D eigenvalue weighted by atomic mass is 16.8. The summed E-state index contributed by atoms with van der Waals surface area (Å²) in [5, 5.41) is 0. The van der Waals surface area contributed by atoms with E-state index in [2.05, 4.69) is 4.98 Å². The second kappa shape index (κ2) is 7.05. The fourth-order valence-corrected chi connectivity index (χ4v) is 3.51. The Morgan fingerprint density at radius 1 is 1.11 bits per heavy atom. The Morgan fingerprint density at radius 2 is 1.85 bits per heavy atom. The Labute approximate surface area is 155 Å². The molecule has 2 unspecified atom stereocenters. The van der Waals surface area contributed by atoms with Crippen molar-refractivity contribution < 1.29 is 18.9 Å². The van der Waals surface area contributed by atoms with Crippen molar-refractivity contribution in [2.75, 3.05) is 6.61 Å². The summed E-state index contributed by atoms with van der Waals surface area (Å²) in [6, 6.07) is 11.1. The molecule has 2 aliphatic rings. The molecule has 3 heterocycles. The number of aromatic nitrogens is 2. The zero-order valence-corrected chi connectivity index (χ0v) is 15.2. The number of hydrogen-bond acceptors (Lipinski definition) is 6. The van der Waals surface area contributed by atoms with E-state index in [9.17, 15) is 9.59 Å². The molecule has 1 aromatic carbocycles. The third-order valence-corrected chi connectivity index (χ3v) is 4.64. The van der Waals surface area contributed by atoms with Gasteiger partial charge in [0.25, 0.3) is 5.56 Å². The van der Waals surface area contributed by atoms with Gasteiger partial charge in [0.05, 0.1) is 13.2 Å². The van der Waals surface area contributed by atoms with Gasteiger partial charge in [0.15, 0.2) is 12.0 Å². The smallest absolute Gasteiger partial charge is 0.330 e. The van der Waals surface area contributed by atoms with Gasteiger partial charge in [0, 0.05) is 12.3 Å². The average molecular weight is 374 g/mol. The van der Waals surface area contributed by atoms with Gasteiger partial charge in [-0.15, -0.1) is 0 Å². The van der Waals surface area contributed by atoms with Gasteiger partial charge in [-0.3, -0.25) is 14.3 Å². The van der Waals surface area contributed by atoms with E-state index in [0.717, 1.165) is 5.56 Å². The molecular weight excluding hydrogens is 352 g/mol.